The zero-order chi connectivity index (χ0) is 13.8. The van der Waals surface area contributed by atoms with Gasteiger partial charge in [-0.1, -0.05) is 22.9 Å². The molecule has 1 aliphatic rings. The van der Waals surface area contributed by atoms with Crippen LogP contribution in [-0.2, 0) is 0 Å². The number of halogens is 1. The van der Waals surface area contributed by atoms with Gasteiger partial charge in [-0.2, -0.15) is 0 Å². The number of aromatic nitrogens is 1. The SMILES string of the molecule is COc1cnccc1C(=O)N1CCC(C(C)Br)CC1. The van der Waals surface area contributed by atoms with Gasteiger partial charge in [-0.25, -0.2) is 0 Å². The number of likely N-dealkylation sites (tertiary alicyclic amines) is 1. The maximum atomic E-state index is 12.5. The summed E-state index contributed by atoms with van der Waals surface area (Å²) in [5, 5.41) is 0. The van der Waals surface area contributed by atoms with Gasteiger partial charge < -0.3 is 9.64 Å². The molecule has 1 aliphatic heterocycles. The number of carbonyl (C=O) groups is 1. The summed E-state index contributed by atoms with van der Waals surface area (Å²) in [7, 11) is 1.56. The summed E-state index contributed by atoms with van der Waals surface area (Å²) in [6.07, 6.45) is 5.31. The van der Waals surface area contributed by atoms with Crippen LogP contribution < -0.4 is 4.74 Å². The van der Waals surface area contributed by atoms with Crippen LogP contribution in [0.25, 0.3) is 0 Å². The topological polar surface area (TPSA) is 42.4 Å². The first-order valence-electron chi connectivity index (χ1n) is 6.55. The average Bonchev–Trinajstić information content (AvgIpc) is 2.46. The van der Waals surface area contributed by atoms with E-state index in [4.69, 9.17) is 4.74 Å². The Balaban J connectivity index is 2.05. The number of ether oxygens (including phenoxy) is 1. The Morgan fingerprint density at radius 1 is 1.53 bits per heavy atom. The highest BCUT2D eigenvalue weighted by molar-refractivity contribution is 9.09. The van der Waals surface area contributed by atoms with Crippen LogP contribution in [0.15, 0.2) is 18.5 Å². The van der Waals surface area contributed by atoms with Crippen LogP contribution in [0.3, 0.4) is 0 Å². The first-order chi connectivity index (χ1) is 9.13. The average molecular weight is 327 g/mol. The van der Waals surface area contributed by atoms with Crippen LogP contribution >= 0.6 is 15.9 Å². The van der Waals surface area contributed by atoms with E-state index in [1.54, 1.807) is 25.6 Å². The number of alkyl halides is 1. The van der Waals surface area contributed by atoms with Gasteiger partial charge in [0, 0.05) is 24.1 Å². The summed E-state index contributed by atoms with van der Waals surface area (Å²) in [5.74, 6) is 1.24. The first-order valence-corrected chi connectivity index (χ1v) is 7.46. The minimum atomic E-state index is 0.0416. The van der Waals surface area contributed by atoms with E-state index in [-0.39, 0.29) is 5.91 Å². The van der Waals surface area contributed by atoms with E-state index in [1.165, 1.54) is 0 Å². The molecule has 1 aromatic heterocycles. The number of piperidine rings is 1. The zero-order valence-corrected chi connectivity index (χ0v) is 12.9. The Morgan fingerprint density at radius 2 is 2.21 bits per heavy atom. The molecule has 2 heterocycles. The summed E-state index contributed by atoms with van der Waals surface area (Å²) in [4.78, 5) is 18.9. The molecule has 0 bridgehead atoms. The van der Waals surface area contributed by atoms with Crippen molar-refractivity contribution < 1.29 is 9.53 Å². The van der Waals surface area contributed by atoms with Gasteiger partial charge in [0.05, 0.1) is 18.9 Å². The molecule has 0 saturated carbocycles. The highest BCUT2D eigenvalue weighted by Gasteiger charge is 2.27. The lowest BCUT2D eigenvalue weighted by atomic mass is 9.94. The van der Waals surface area contributed by atoms with Gasteiger partial charge in [-0.15, -0.1) is 0 Å². The predicted octanol–water partition coefficient (Wildman–Crippen LogP) is 2.73. The van der Waals surface area contributed by atoms with Crippen molar-refractivity contribution in [1.29, 1.82) is 0 Å². The summed E-state index contributed by atoms with van der Waals surface area (Å²) in [6, 6.07) is 1.72. The van der Waals surface area contributed by atoms with Crippen molar-refractivity contribution in [3.8, 4) is 5.75 Å². The second-order valence-corrected chi connectivity index (χ2v) is 6.33. The highest BCUT2D eigenvalue weighted by atomic mass is 79.9. The molecule has 4 nitrogen and oxygen atoms in total. The number of hydrogen-bond donors (Lipinski definition) is 0. The van der Waals surface area contributed by atoms with Gasteiger partial charge >= 0.3 is 0 Å². The molecule has 104 valence electrons. The maximum Gasteiger partial charge on any atom is 0.257 e. The third-order valence-electron chi connectivity index (χ3n) is 3.71. The summed E-state index contributed by atoms with van der Waals surface area (Å²) in [6.45, 7) is 3.80. The van der Waals surface area contributed by atoms with E-state index < -0.39 is 0 Å². The number of nitrogens with zero attached hydrogens (tertiary/aromatic N) is 2. The number of amides is 1. The summed E-state index contributed by atoms with van der Waals surface area (Å²) < 4.78 is 5.20. The lowest BCUT2D eigenvalue weighted by Gasteiger charge is -2.33. The van der Waals surface area contributed by atoms with Crippen molar-refractivity contribution in [1.82, 2.24) is 9.88 Å². The van der Waals surface area contributed by atoms with Crippen molar-refractivity contribution >= 4 is 21.8 Å². The number of methoxy groups -OCH3 is 1. The Hall–Kier alpha value is -1.10. The molecule has 0 spiro atoms. The van der Waals surface area contributed by atoms with E-state index in [9.17, 15) is 4.79 Å². The number of pyridine rings is 1. The standard InChI is InChI=1S/C14H19BrN2O2/c1-10(15)11-4-7-17(8-5-11)14(18)12-3-6-16-9-13(12)19-2/h3,6,9-11H,4-5,7-8H2,1-2H3. The molecule has 0 aromatic carbocycles. The first kappa shape index (κ1) is 14.3. The van der Waals surface area contributed by atoms with Crippen molar-refractivity contribution in [3.63, 3.8) is 0 Å². The van der Waals surface area contributed by atoms with Crippen molar-refractivity contribution in [2.45, 2.75) is 24.6 Å². The smallest absolute Gasteiger partial charge is 0.257 e. The molecule has 1 saturated heterocycles. The lowest BCUT2D eigenvalue weighted by Crippen LogP contribution is -2.40. The normalized spacial score (nSPS) is 18.2. The quantitative estimate of drug-likeness (QED) is 0.802. The van der Waals surface area contributed by atoms with E-state index in [0.717, 1.165) is 25.9 Å². The predicted molar refractivity (Wildman–Crippen MR) is 77.8 cm³/mol. The van der Waals surface area contributed by atoms with Crippen LogP contribution in [0.4, 0.5) is 0 Å². The van der Waals surface area contributed by atoms with E-state index in [1.807, 2.05) is 4.90 Å². The van der Waals surface area contributed by atoms with Crippen LogP contribution in [0.2, 0.25) is 0 Å². The number of rotatable bonds is 3. The molecule has 5 heteroatoms. The van der Waals surface area contributed by atoms with E-state index >= 15 is 0 Å². The van der Waals surface area contributed by atoms with Gasteiger partial charge in [-0.3, -0.25) is 9.78 Å². The monoisotopic (exact) mass is 326 g/mol. The maximum absolute atomic E-state index is 12.5. The lowest BCUT2D eigenvalue weighted by molar-refractivity contribution is 0.0688. The minimum absolute atomic E-state index is 0.0416. The molecular weight excluding hydrogens is 308 g/mol. The Labute approximate surface area is 122 Å². The van der Waals surface area contributed by atoms with Gasteiger partial charge in [0.1, 0.15) is 5.75 Å². The molecule has 1 fully saturated rings. The second-order valence-electron chi connectivity index (χ2n) is 4.88. The van der Waals surface area contributed by atoms with Crippen LogP contribution in [0.5, 0.6) is 5.75 Å². The van der Waals surface area contributed by atoms with Crippen LogP contribution in [-0.4, -0.2) is 40.8 Å². The van der Waals surface area contributed by atoms with Gasteiger partial charge in [-0.05, 0) is 24.8 Å². The molecule has 1 aromatic rings. The molecular formula is C14H19BrN2O2. The Bertz CT molecular complexity index is 443. The molecule has 0 radical (unpaired) electrons. The van der Waals surface area contributed by atoms with E-state index in [2.05, 4.69) is 27.8 Å². The Kier molecular flexibility index (Phi) is 4.80. The highest BCUT2D eigenvalue weighted by Crippen LogP contribution is 2.27. The number of hydrogen-bond acceptors (Lipinski definition) is 3. The third kappa shape index (κ3) is 3.26. The van der Waals surface area contributed by atoms with Gasteiger partial charge in [0.15, 0.2) is 0 Å². The van der Waals surface area contributed by atoms with Crippen molar-refractivity contribution in [3.05, 3.63) is 24.0 Å². The molecule has 1 atom stereocenters. The fourth-order valence-electron chi connectivity index (χ4n) is 2.45. The van der Waals surface area contributed by atoms with E-state index in [0.29, 0.717) is 22.1 Å². The zero-order valence-electron chi connectivity index (χ0n) is 11.3. The van der Waals surface area contributed by atoms with Crippen molar-refractivity contribution in [2.75, 3.05) is 20.2 Å². The largest absolute Gasteiger partial charge is 0.494 e. The molecule has 0 aliphatic carbocycles. The second kappa shape index (κ2) is 6.37. The molecule has 0 N–H and O–H groups in total. The molecule has 2 rings (SSSR count). The summed E-state index contributed by atoms with van der Waals surface area (Å²) >= 11 is 3.63. The molecule has 1 unspecified atom stereocenters. The Morgan fingerprint density at radius 3 is 2.79 bits per heavy atom. The fourth-order valence-corrected chi connectivity index (χ4v) is 2.98. The molecule has 19 heavy (non-hydrogen) atoms. The van der Waals surface area contributed by atoms with Gasteiger partial charge in [0.2, 0.25) is 0 Å². The van der Waals surface area contributed by atoms with Crippen LogP contribution in [0, 0.1) is 5.92 Å². The van der Waals surface area contributed by atoms with Crippen LogP contribution in [0.1, 0.15) is 30.1 Å². The summed E-state index contributed by atoms with van der Waals surface area (Å²) in [5.41, 5.74) is 0.600. The van der Waals surface area contributed by atoms with Gasteiger partial charge in [0.25, 0.3) is 5.91 Å². The third-order valence-corrected chi connectivity index (χ3v) is 4.46. The van der Waals surface area contributed by atoms with Crippen molar-refractivity contribution in [2.24, 2.45) is 5.92 Å². The number of carbonyl (C=O) groups excluding carboxylic acids is 1. The molecule has 1 amide bonds. The fraction of sp³-hybridized carbons (Fsp3) is 0.571. The minimum Gasteiger partial charge on any atom is -0.494 e.